The van der Waals surface area contributed by atoms with Crippen LogP contribution in [0.25, 0.3) is 0 Å². The van der Waals surface area contributed by atoms with Gasteiger partial charge in [0.1, 0.15) is 12.1 Å². The molecule has 0 radical (unpaired) electrons. The van der Waals surface area contributed by atoms with E-state index in [1.165, 1.54) is 42.3 Å². The first kappa shape index (κ1) is 29.9. The van der Waals surface area contributed by atoms with Crippen LogP contribution < -0.4 is 10.6 Å². The highest BCUT2D eigenvalue weighted by atomic mass is 32.2. The molecule has 0 saturated heterocycles. The van der Waals surface area contributed by atoms with Crippen molar-refractivity contribution in [2.24, 2.45) is 0 Å². The molecule has 32 heavy (non-hydrogen) atoms. The van der Waals surface area contributed by atoms with Gasteiger partial charge in [0.05, 0.1) is 6.10 Å². The van der Waals surface area contributed by atoms with Gasteiger partial charge < -0.3 is 20.8 Å². The van der Waals surface area contributed by atoms with Gasteiger partial charge in [0.25, 0.3) is 0 Å². The summed E-state index contributed by atoms with van der Waals surface area (Å²) >= 11 is 1.40. The minimum atomic E-state index is -1.19. The van der Waals surface area contributed by atoms with Gasteiger partial charge in [-0.25, -0.2) is 4.79 Å². The molecule has 0 saturated carbocycles. The summed E-state index contributed by atoms with van der Waals surface area (Å²) in [5.41, 5.74) is 3.97. The molecule has 0 aromatic rings. The number of thioether (sulfide) groups is 1. The van der Waals surface area contributed by atoms with E-state index >= 15 is 0 Å². The molecule has 7 nitrogen and oxygen atoms in total. The van der Waals surface area contributed by atoms with Gasteiger partial charge in [-0.2, -0.15) is 11.8 Å². The largest absolute Gasteiger partial charge is 0.480 e. The molecule has 3 unspecified atom stereocenters. The summed E-state index contributed by atoms with van der Waals surface area (Å²) in [6, 6.07) is -2.30. The quantitative estimate of drug-likeness (QED) is 0.216. The van der Waals surface area contributed by atoms with Crippen molar-refractivity contribution in [3.05, 3.63) is 34.9 Å². The van der Waals surface area contributed by atoms with E-state index in [4.69, 9.17) is 0 Å². The summed E-state index contributed by atoms with van der Waals surface area (Å²) in [7, 11) is 0. The van der Waals surface area contributed by atoms with Crippen LogP contribution >= 0.6 is 11.8 Å². The Hall–Kier alpha value is -2.06. The Morgan fingerprint density at radius 2 is 1.47 bits per heavy atom. The van der Waals surface area contributed by atoms with Gasteiger partial charge in [-0.15, -0.1) is 0 Å². The number of carboxylic acids is 1. The smallest absolute Gasteiger partial charge is 0.327 e. The lowest BCUT2D eigenvalue weighted by Crippen LogP contribution is -2.55. The van der Waals surface area contributed by atoms with Crippen LogP contribution in [0.1, 0.15) is 67.2 Å². The van der Waals surface area contributed by atoms with Crippen LogP contribution in [0, 0.1) is 0 Å². The summed E-state index contributed by atoms with van der Waals surface area (Å²) in [6.45, 7) is 11.0. The van der Waals surface area contributed by atoms with E-state index < -0.39 is 36.0 Å². The Morgan fingerprint density at radius 3 is 1.97 bits per heavy atom. The monoisotopic (exact) mass is 468 g/mol. The number of rotatable bonds is 15. The standard InChI is InChI=1S/C24H40N2O5S/c1-16(2)9-7-10-17(3)11-8-12-18(4)13-14-32-15-21(24(30)31)26-23(29)22(19(5)27)25-20(6)28/h9,11,13,19,21-22,27H,7-8,10,12,14-15H2,1-6H3,(H,25,28)(H,26,29)(H,30,31)/b17-11+,18-13+. The van der Waals surface area contributed by atoms with Crippen molar-refractivity contribution in [2.75, 3.05) is 11.5 Å². The second kappa shape index (κ2) is 16.6. The van der Waals surface area contributed by atoms with Crippen LogP contribution in [-0.2, 0) is 14.4 Å². The molecule has 0 fully saturated rings. The Bertz CT molecular complexity index is 709. The van der Waals surface area contributed by atoms with Gasteiger partial charge in [0, 0.05) is 18.4 Å². The minimum Gasteiger partial charge on any atom is -0.480 e. The molecule has 0 aromatic heterocycles. The van der Waals surface area contributed by atoms with E-state index in [2.05, 4.69) is 56.6 Å². The van der Waals surface area contributed by atoms with E-state index in [0.29, 0.717) is 5.75 Å². The Balaban J connectivity index is 4.50. The SMILES string of the molecule is CC(=O)NC(C(=O)NC(CSC/C=C(\C)CC/C=C(\C)CCC=C(C)C)C(=O)O)C(C)O. The van der Waals surface area contributed by atoms with Gasteiger partial charge in [0.2, 0.25) is 11.8 Å². The maximum atomic E-state index is 12.3. The van der Waals surface area contributed by atoms with E-state index in [1.807, 2.05) is 0 Å². The molecule has 0 bridgehead atoms. The first-order valence-corrected chi connectivity index (χ1v) is 12.1. The average molecular weight is 469 g/mol. The zero-order chi connectivity index (χ0) is 24.7. The Labute approximate surface area is 196 Å². The maximum Gasteiger partial charge on any atom is 0.327 e. The molecule has 0 spiro atoms. The number of carbonyl (C=O) groups excluding carboxylic acids is 2. The highest BCUT2D eigenvalue weighted by Gasteiger charge is 2.28. The summed E-state index contributed by atoms with van der Waals surface area (Å²) in [6.07, 6.45) is 9.52. The number of hydrogen-bond donors (Lipinski definition) is 4. The van der Waals surface area contributed by atoms with Crippen LogP contribution in [0.3, 0.4) is 0 Å². The Kier molecular flexibility index (Phi) is 15.5. The van der Waals surface area contributed by atoms with E-state index in [9.17, 15) is 24.6 Å². The van der Waals surface area contributed by atoms with Gasteiger partial charge in [-0.1, -0.05) is 34.9 Å². The van der Waals surface area contributed by atoms with Crippen LogP contribution in [0.15, 0.2) is 34.9 Å². The molecular weight excluding hydrogens is 428 g/mol. The number of carboxylic acid groups (broad SMARTS) is 1. The summed E-state index contributed by atoms with van der Waals surface area (Å²) in [4.78, 5) is 35.0. The highest BCUT2D eigenvalue weighted by molar-refractivity contribution is 7.99. The zero-order valence-corrected chi connectivity index (χ0v) is 21.1. The first-order valence-electron chi connectivity index (χ1n) is 10.9. The first-order chi connectivity index (χ1) is 14.9. The molecular formula is C24H40N2O5S. The zero-order valence-electron chi connectivity index (χ0n) is 20.2. The summed E-state index contributed by atoms with van der Waals surface area (Å²) in [5, 5.41) is 23.8. The normalized spacial score (nSPS) is 14.8. The predicted octanol–water partition coefficient (Wildman–Crippen LogP) is 3.59. The van der Waals surface area contributed by atoms with Gasteiger partial charge >= 0.3 is 5.97 Å². The fraction of sp³-hybridized carbons (Fsp3) is 0.625. The van der Waals surface area contributed by atoms with Gasteiger partial charge in [-0.05, 0) is 60.3 Å². The van der Waals surface area contributed by atoms with Crippen LogP contribution in [0.2, 0.25) is 0 Å². The number of aliphatic hydroxyl groups is 1. The third-order valence-electron chi connectivity index (χ3n) is 4.70. The fourth-order valence-electron chi connectivity index (χ4n) is 2.79. The molecule has 4 N–H and O–H groups in total. The number of allylic oxidation sites excluding steroid dienone is 5. The molecule has 182 valence electrons. The number of aliphatic carboxylic acids is 1. The molecule has 0 aliphatic rings. The molecule has 3 atom stereocenters. The highest BCUT2D eigenvalue weighted by Crippen LogP contribution is 2.13. The topological polar surface area (TPSA) is 116 Å². The van der Waals surface area contributed by atoms with Crippen molar-refractivity contribution in [1.29, 1.82) is 0 Å². The molecule has 8 heteroatoms. The van der Waals surface area contributed by atoms with Crippen LogP contribution in [0.5, 0.6) is 0 Å². The number of aliphatic hydroxyl groups excluding tert-OH is 1. The number of carbonyl (C=O) groups is 3. The van der Waals surface area contributed by atoms with Crippen molar-refractivity contribution < 1.29 is 24.6 Å². The van der Waals surface area contributed by atoms with Gasteiger partial charge in [0.15, 0.2) is 0 Å². The van der Waals surface area contributed by atoms with Crippen molar-refractivity contribution >= 4 is 29.5 Å². The lowest BCUT2D eigenvalue weighted by molar-refractivity contribution is -0.142. The molecule has 0 aliphatic carbocycles. The number of amides is 2. The molecule has 2 amide bonds. The van der Waals surface area contributed by atoms with Crippen LogP contribution in [-0.4, -0.2) is 57.7 Å². The number of nitrogens with one attached hydrogen (secondary N) is 2. The third-order valence-corrected chi connectivity index (χ3v) is 5.67. The van der Waals surface area contributed by atoms with Crippen molar-refractivity contribution in [2.45, 2.75) is 85.4 Å². The molecule has 0 heterocycles. The second-order valence-corrected chi connectivity index (χ2v) is 9.39. The summed E-state index contributed by atoms with van der Waals surface area (Å²) < 4.78 is 0. The number of hydrogen-bond acceptors (Lipinski definition) is 5. The van der Waals surface area contributed by atoms with Crippen LogP contribution in [0.4, 0.5) is 0 Å². The maximum absolute atomic E-state index is 12.3. The van der Waals surface area contributed by atoms with Crippen molar-refractivity contribution in [3.8, 4) is 0 Å². The third kappa shape index (κ3) is 14.9. The molecule has 0 aromatic carbocycles. The van der Waals surface area contributed by atoms with Crippen molar-refractivity contribution in [3.63, 3.8) is 0 Å². The minimum absolute atomic E-state index is 0.181. The van der Waals surface area contributed by atoms with Crippen molar-refractivity contribution in [1.82, 2.24) is 10.6 Å². The second-order valence-electron chi connectivity index (χ2n) is 8.32. The summed E-state index contributed by atoms with van der Waals surface area (Å²) in [5.74, 6) is -1.54. The van der Waals surface area contributed by atoms with E-state index in [-0.39, 0.29) is 5.75 Å². The average Bonchev–Trinajstić information content (AvgIpc) is 2.67. The van der Waals surface area contributed by atoms with Gasteiger partial charge in [-0.3, -0.25) is 9.59 Å². The molecule has 0 aliphatic heterocycles. The fourth-order valence-corrected chi connectivity index (χ4v) is 3.79. The van der Waals surface area contributed by atoms with E-state index in [0.717, 1.165) is 25.7 Å². The predicted molar refractivity (Wildman–Crippen MR) is 132 cm³/mol. The lowest BCUT2D eigenvalue weighted by atomic mass is 10.1. The lowest BCUT2D eigenvalue weighted by Gasteiger charge is -2.22. The van der Waals surface area contributed by atoms with E-state index in [1.54, 1.807) is 0 Å². The molecule has 0 rings (SSSR count). The Morgan fingerprint density at radius 1 is 0.906 bits per heavy atom.